The van der Waals surface area contributed by atoms with Crippen molar-refractivity contribution in [2.75, 3.05) is 19.6 Å². The monoisotopic (exact) mass is 405 g/mol. The van der Waals surface area contributed by atoms with E-state index in [4.69, 9.17) is 5.41 Å². The normalized spacial score (nSPS) is 22.3. The van der Waals surface area contributed by atoms with E-state index in [1.165, 1.54) is 0 Å². The highest BCUT2D eigenvalue weighted by Gasteiger charge is 2.47. The van der Waals surface area contributed by atoms with Crippen LogP contribution in [0.2, 0.25) is 0 Å². The zero-order chi connectivity index (χ0) is 21.3. The number of carbonyl (C=O) groups excluding carboxylic acids is 2. The van der Waals surface area contributed by atoms with Crippen LogP contribution in [0.1, 0.15) is 32.3 Å². The van der Waals surface area contributed by atoms with Crippen LogP contribution in [0.5, 0.6) is 0 Å². The third-order valence-corrected chi connectivity index (χ3v) is 6.21. The van der Waals surface area contributed by atoms with Gasteiger partial charge < -0.3 is 10.2 Å². The molecular weight excluding hydrogens is 378 g/mol. The van der Waals surface area contributed by atoms with Crippen LogP contribution in [-0.4, -0.2) is 52.2 Å². The van der Waals surface area contributed by atoms with Crippen molar-refractivity contribution in [2.45, 2.75) is 32.2 Å². The number of rotatable bonds is 4. The van der Waals surface area contributed by atoms with Crippen LogP contribution in [0.25, 0.3) is 11.3 Å². The summed E-state index contributed by atoms with van der Waals surface area (Å²) in [5.74, 6) is 0.411. The molecule has 0 saturated carbocycles. The molecule has 3 heterocycles. The van der Waals surface area contributed by atoms with Crippen molar-refractivity contribution < 1.29 is 9.59 Å². The maximum Gasteiger partial charge on any atom is 0.259 e. The highest BCUT2D eigenvalue weighted by molar-refractivity contribution is 6.08. The lowest BCUT2D eigenvalue weighted by atomic mass is 9.89. The largest absolute Gasteiger partial charge is 0.343 e. The van der Waals surface area contributed by atoms with Gasteiger partial charge in [-0.25, -0.2) is 0 Å². The van der Waals surface area contributed by atoms with Gasteiger partial charge in [0.2, 0.25) is 5.91 Å². The van der Waals surface area contributed by atoms with Gasteiger partial charge in [-0.2, -0.15) is 0 Å². The van der Waals surface area contributed by atoms with Crippen molar-refractivity contribution in [3.63, 3.8) is 0 Å². The minimum absolute atomic E-state index is 0.0977. The predicted molar refractivity (Wildman–Crippen MR) is 115 cm³/mol. The Morgan fingerprint density at radius 1 is 1.23 bits per heavy atom. The summed E-state index contributed by atoms with van der Waals surface area (Å²) >= 11 is 0. The smallest absolute Gasteiger partial charge is 0.259 e. The van der Waals surface area contributed by atoms with E-state index < -0.39 is 5.54 Å². The van der Waals surface area contributed by atoms with Crippen LogP contribution in [0, 0.1) is 11.3 Å². The first-order valence-corrected chi connectivity index (χ1v) is 10.3. The number of hydrogen-bond donors (Lipinski definition) is 2. The molecule has 0 radical (unpaired) electrons. The molecule has 4 rings (SSSR count). The number of carbonyl (C=O) groups is 2. The first-order chi connectivity index (χ1) is 14.4. The zero-order valence-corrected chi connectivity index (χ0v) is 17.4. The molecule has 2 saturated heterocycles. The second-order valence-electron chi connectivity index (χ2n) is 8.26. The van der Waals surface area contributed by atoms with Gasteiger partial charge in [0.15, 0.2) is 5.96 Å². The summed E-state index contributed by atoms with van der Waals surface area (Å²) in [6, 6.07) is 13.5. The molecule has 2 amide bonds. The van der Waals surface area contributed by atoms with Crippen molar-refractivity contribution in [1.82, 2.24) is 20.1 Å². The Hall–Kier alpha value is -3.22. The fourth-order valence-corrected chi connectivity index (χ4v) is 4.31. The van der Waals surface area contributed by atoms with Gasteiger partial charge in [-0.15, -0.1) is 0 Å². The zero-order valence-electron chi connectivity index (χ0n) is 17.4. The minimum Gasteiger partial charge on any atom is -0.343 e. The summed E-state index contributed by atoms with van der Waals surface area (Å²) in [5.41, 5.74) is 1.61. The first kappa shape index (κ1) is 20.1. The molecule has 2 aromatic rings. The Kier molecular flexibility index (Phi) is 5.28. The van der Waals surface area contributed by atoms with Crippen molar-refractivity contribution in [2.24, 2.45) is 5.92 Å². The summed E-state index contributed by atoms with van der Waals surface area (Å²) in [6.45, 7) is 5.36. The van der Waals surface area contributed by atoms with Crippen molar-refractivity contribution in [3.8, 4) is 11.3 Å². The minimum atomic E-state index is -0.984. The molecule has 7 nitrogen and oxygen atoms in total. The molecule has 2 N–H and O–H groups in total. The molecule has 2 aliphatic rings. The molecule has 156 valence electrons. The molecule has 2 aliphatic heterocycles. The van der Waals surface area contributed by atoms with Gasteiger partial charge >= 0.3 is 0 Å². The second-order valence-corrected chi connectivity index (χ2v) is 8.26. The lowest BCUT2D eigenvalue weighted by molar-refractivity contribution is -0.133. The van der Waals surface area contributed by atoms with E-state index in [0.717, 1.165) is 29.7 Å². The van der Waals surface area contributed by atoms with Crippen LogP contribution >= 0.6 is 0 Å². The van der Waals surface area contributed by atoms with E-state index >= 15 is 0 Å². The summed E-state index contributed by atoms with van der Waals surface area (Å²) in [7, 11) is 0. The van der Waals surface area contributed by atoms with Gasteiger partial charge in [-0.1, -0.05) is 24.3 Å². The average Bonchev–Trinajstić information content (AvgIpc) is 2.99. The van der Waals surface area contributed by atoms with Gasteiger partial charge in [0.1, 0.15) is 5.54 Å². The summed E-state index contributed by atoms with van der Waals surface area (Å²) in [4.78, 5) is 32.7. The topological polar surface area (TPSA) is 89.4 Å². The highest BCUT2D eigenvalue weighted by atomic mass is 16.2. The molecule has 0 spiro atoms. The van der Waals surface area contributed by atoms with E-state index in [1.807, 2.05) is 54.3 Å². The molecule has 1 unspecified atom stereocenters. The SMILES string of the molecule is CC(=O)N1CCC(CN2C(=N)NC(C)(c3cccc(-c4ccccn4)c3)C2=O)CC1. The Balaban J connectivity index is 1.51. The van der Waals surface area contributed by atoms with Gasteiger partial charge in [0.05, 0.1) is 5.69 Å². The molecule has 0 aliphatic carbocycles. The number of likely N-dealkylation sites (tertiary alicyclic amines) is 1. The van der Waals surface area contributed by atoms with Crippen LogP contribution < -0.4 is 5.32 Å². The van der Waals surface area contributed by atoms with E-state index in [9.17, 15) is 9.59 Å². The standard InChI is InChI=1S/C23H27N5O2/c1-16(29)27-12-9-17(10-13-27)15-28-21(30)23(2,26-22(28)24)19-7-5-6-18(14-19)20-8-3-4-11-25-20/h3-8,11,14,17H,9-10,12-13,15H2,1-2H3,(H2,24,26). The Labute approximate surface area is 176 Å². The van der Waals surface area contributed by atoms with E-state index in [2.05, 4.69) is 10.3 Å². The molecule has 1 atom stereocenters. The van der Waals surface area contributed by atoms with Gasteiger partial charge in [0.25, 0.3) is 5.91 Å². The molecular formula is C23H27N5O2. The van der Waals surface area contributed by atoms with Crippen LogP contribution in [-0.2, 0) is 15.1 Å². The number of hydrogen-bond acceptors (Lipinski definition) is 4. The van der Waals surface area contributed by atoms with E-state index in [-0.39, 0.29) is 23.7 Å². The number of pyridine rings is 1. The summed E-state index contributed by atoms with van der Waals surface area (Å²) in [5, 5.41) is 11.5. The Morgan fingerprint density at radius 2 is 2.00 bits per heavy atom. The lowest BCUT2D eigenvalue weighted by Gasteiger charge is -2.33. The van der Waals surface area contributed by atoms with Crippen molar-refractivity contribution in [1.29, 1.82) is 5.41 Å². The Bertz CT molecular complexity index is 969. The fraction of sp³-hybridized carbons (Fsp3) is 0.391. The maximum absolute atomic E-state index is 13.4. The van der Waals surface area contributed by atoms with Gasteiger partial charge in [-0.3, -0.25) is 24.9 Å². The van der Waals surface area contributed by atoms with Crippen molar-refractivity contribution >= 4 is 17.8 Å². The average molecular weight is 406 g/mol. The number of piperidine rings is 1. The molecule has 1 aromatic carbocycles. The quantitative estimate of drug-likeness (QED) is 0.818. The number of nitrogens with one attached hydrogen (secondary N) is 2. The number of benzene rings is 1. The number of amides is 2. The molecule has 2 fully saturated rings. The summed E-state index contributed by atoms with van der Waals surface area (Å²) in [6.07, 6.45) is 3.45. The molecule has 30 heavy (non-hydrogen) atoms. The molecule has 7 heteroatoms. The maximum atomic E-state index is 13.4. The van der Waals surface area contributed by atoms with Crippen LogP contribution in [0.15, 0.2) is 48.7 Å². The second kappa shape index (κ2) is 7.89. The third kappa shape index (κ3) is 3.67. The van der Waals surface area contributed by atoms with Crippen molar-refractivity contribution in [3.05, 3.63) is 54.2 Å². The number of aromatic nitrogens is 1. The Morgan fingerprint density at radius 3 is 2.67 bits per heavy atom. The van der Waals surface area contributed by atoms with Gasteiger partial charge in [-0.05, 0) is 49.4 Å². The number of nitrogens with zero attached hydrogens (tertiary/aromatic N) is 3. The lowest BCUT2D eigenvalue weighted by Crippen LogP contribution is -2.43. The third-order valence-electron chi connectivity index (χ3n) is 6.21. The van der Waals surface area contributed by atoms with Crippen LogP contribution in [0.4, 0.5) is 0 Å². The molecule has 1 aromatic heterocycles. The number of guanidine groups is 1. The first-order valence-electron chi connectivity index (χ1n) is 10.3. The van der Waals surface area contributed by atoms with Gasteiger partial charge in [0, 0.05) is 38.3 Å². The van der Waals surface area contributed by atoms with Crippen LogP contribution in [0.3, 0.4) is 0 Å². The predicted octanol–water partition coefficient (Wildman–Crippen LogP) is 2.59. The highest BCUT2D eigenvalue weighted by Crippen LogP contribution is 2.32. The van der Waals surface area contributed by atoms with E-state index in [0.29, 0.717) is 19.6 Å². The fourth-order valence-electron chi connectivity index (χ4n) is 4.31. The summed E-state index contributed by atoms with van der Waals surface area (Å²) < 4.78 is 0. The molecule has 0 bridgehead atoms. The van der Waals surface area contributed by atoms with E-state index in [1.54, 1.807) is 18.0 Å².